The zero-order chi connectivity index (χ0) is 11.3. The molecule has 0 radical (unpaired) electrons. The summed E-state index contributed by atoms with van der Waals surface area (Å²) in [6.45, 7) is 8.08. The van der Waals surface area contributed by atoms with Crippen LogP contribution in [0.15, 0.2) is 17.5 Å². The minimum absolute atomic E-state index is 0.158. The Hall–Kier alpha value is -0.380. The molecule has 1 heterocycles. The minimum Gasteiger partial charge on any atom is -0.393 e. The van der Waals surface area contributed by atoms with Gasteiger partial charge in [-0.2, -0.15) is 0 Å². The largest absolute Gasteiger partial charge is 0.393 e. The van der Waals surface area contributed by atoms with Crippen LogP contribution in [-0.4, -0.2) is 17.8 Å². The monoisotopic (exact) mass is 227 g/mol. The fourth-order valence-corrected chi connectivity index (χ4v) is 2.48. The van der Waals surface area contributed by atoms with E-state index in [-0.39, 0.29) is 11.5 Å². The first-order valence-corrected chi connectivity index (χ1v) is 6.29. The highest BCUT2D eigenvalue weighted by Gasteiger charge is 2.19. The highest BCUT2D eigenvalue weighted by Crippen LogP contribution is 2.21. The van der Waals surface area contributed by atoms with Crippen molar-refractivity contribution >= 4 is 11.3 Å². The molecule has 1 unspecified atom stereocenters. The Morgan fingerprint density at radius 1 is 1.53 bits per heavy atom. The first-order chi connectivity index (χ1) is 6.99. The van der Waals surface area contributed by atoms with E-state index in [2.05, 4.69) is 36.7 Å². The van der Waals surface area contributed by atoms with Gasteiger partial charge in [-0.1, -0.05) is 19.9 Å². The fourth-order valence-electron chi connectivity index (χ4n) is 1.81. The van der Waals surface area contributed by atoms with Crippen LogP contribution in [0.5, 0.6) is 0 Å². The van der Waals surface area contributed by atoms with Crippen LogP contribution in [0.1, 0.15) is 32.1 Å². The van der Waals surface area contributed by atoms with Crippen molar-refractivity contribution in [3.05, 3.63) is 22.4 Å². The molecule has 0 bridgehead atoms. The van der Waals surface area contributed by atoms with Crippen LogP contribution in [-0.2, 0) is 6.54 Å². The van der Waals surface area contributed by atoms with Crippen LogP contribution in [0.4, 0.5) is 0 Å². The van der Waals surface area contributed by atoms with Gasteiger partial charge in [0.25, 0.3) is 0 Å². The van der Waals surface area contributed by atoms with Gasteiger partial charge in [0.15, 0.2) is 0 Å². The van der Waals surface area contributed by atoms with Gasteiger partial charge in [0.1, 0.15) is 0 Å². The Kier molecular flexibility index (Phi) is 4.77. The topological polar surface area (TPSA) is 32.3 Å². The molecule has 1 aromatic heterocycles. The molecule has 15 heavy (non-hydrogen) atoms. The Bertz CT molecular complexity index is 267. The summed E-state index contributed by atoms with van der Waals surface area (Å²) in [5, 5.41) is 14.9. The SMILES string of the molecule is CC(O)CC(C)(C)CNCc1cccs1. The van der Waals surface area contributed by atoms with Crippen molar-refractivity contribution in [2.75, 3.05) is 6.54 Å². The highest BCUT2D eigenvalue weighted by atomic mass is 32.1. The molecule has 1 atom stereocenters. The van der Waals surface area contributed by atoms with E-state index in [1.165, 1.54) is 4.88 Å². The number of thiophene rings is 1. The quantitative estimate of drug-likeness (QED) is 0.783. The normalized spacial score (nSPS) is 14.1. The third-order valence-corrected chi connectivity index (χ3v) is 3.21. The van der Waals surface area contributed by atoms with Crippen LogP contribution in [0, 0.1) is 5.41 Å². The molecule has 0 aromatic carbocycles. The number of hydrogen-bond acceptors (Lipinski definition) is 3. The van der Waals surface area contributed by atoms with E-state index in [0.29, 0.717) is 0 Å². The summed E-state index contributed by atoms with van der Waals surface area (Å²) in [5.41, 5.74) is 0.158. The average Bonchev–Trinajstić information content (AvgIpc) is 2.53. The molecule has 1 rings (SSSR count). The number of hydrogen-bond donors (Lipinski definition) is 2. The first-order valence-electron chi connectivity index (χ1n) is 5.41. The van der Waals surface area contributed by atoms with E-state index in [0.717, 1.165) is 19.5 Å². The molecule has 0 fully saturated rings. The van der Waals surface area contributed by atoms with Gasteiger partial charge in [-0.05, 0) is 30.2 Å². The fraction of sp³-hybridized carbons (Fsp3) is 0.667. The van der Waals surface area contributed by atoms with E-state index in [1.807, 2.05) is 6.92 Å². The van der Waals surface area contributed by atoms with Crippen molar-refractivity contribution in [1.82, 2.24) is 5.32 Å². The third kappa shape index (κ3) is 5.30. The predicted molar refractivity (Wildman–Crippen MR) is 66.1 cm³/mol. The molecule has 0 aliphatic heterocycles. The second kappa shape index (κ2) is 5.64. The molecule has 0 saturated heterocycles. The average molecular weight is 227 g/mol. The van der Waals surface area contributed by atoms with Gasteiger partial charge in [-0.25, -0.2) is 0 Å². The highest BCUT2D eigenvalue weighted by molar-refractivity contribution is 7.09. The lowest BCUT2D eigenvalue weighted by molar-refractivity contribution is 0.128. The predicted octanol–water partition coefficient (Wildman–Crippen LogP) is 2.63. The third-order valence-electron chi connectivity index (χ3n) is 2.33. The van der Waals surface area contributed by atoms with Crippen LogP contribution >= 0.6 is 11.3 Å². The van der Waals surface area contributed by atoms with E-state index in [9.17, 15) is 5.11 Å². The zero-order valence-corrected chi connectivity index (χ0v) is 10.6. The Morgan fingerprint density at radius 3 is 2.80 bits per heavy atom. The van der Waals surface area contributed by atoms with Crippen molar-refractivity contribution < 1.29 is 5.11 Å². The second-order valence-corrected chi connectivity index (χ2v) is 5.93. The summed E-state index contributed by atoms with van der Waals surface area (Å²) in [5.74, 6) is 0. The van der Waals surface area contributed by atoms with Crippen molar-refractivity contribution in [1.29, 1.82) is 0 Å². The molecular formula is C12H21NOS. The van der Waals surface area contributed by atoms with Gasteiger partial charge in [0.05, 0.1) is 6.10 Å². The maximum absolute atomic E-state index is 9.35. The standard InChI is InChI=1S/C12H21NOS/c1-10(14)7-12(2,3)9-13-8-11-5-4-6-15-11/h4-6,10,13-14H,7-9H2,1-3H3. The van der Waals surface area contributed by atoms with E-state index in [4.69, 9.17) is 0 Å². The summed E-state index contributed by atoms with van der Waals surface area (Å²) in [6, 6.07) is 4.21. The maximum Gasteiger partial charge on any atom is 0.0517 e. The second-order valence-electron chi connectivity index (χ2n) is 4.90. The van der Waals surface area contributed by atoms with Crippen molar-refractivity contribution in [3.63, 3.8) is 0 Å². The van der Waals surface area contributed by atoms with Crippen molar-refractivity contribution in [2.24, 2.45) is 5.41 Å². The summed E-state index contributed by atoms with van der Waals surface area (Å²) >= 11 is 1.78. The number of aliphatic hydroxyl groups is 1. The summed E-state index contributed by atoms with van der Waals surface area (Å²) in [7, 11) is 0. The van der Waals surface area contributed by atoms with E-state index >= 15 is 0 Å². The Morgan fingerprint density at radius 2 is 2.27 bits per heavy atom. The number of aliphatic hydroxyl groups excluding tert-OH is 1. The van der Waals surface area contributed by atoms with Crippen molar-refractivity contribution in [3.8, 4) is 0 Å². The molecular weight excluding hydrogens is 206 g/mol. The molecule has 0 spiro atoms. The van der Waals surface area contributed by atoms with E-state index < -0.39 is 0 Å². The lowest BCUT2D eigenvalue weighted by Gasteiger charge is -2.26. The smallest absolute Gasteiger partial charge is 0.0517 e. The molecule has 2 nitrogen and oxygen atoms in total. The van der Waals surface area contributed by atoms with Crippen LogP contribution in [0.2, 0.25) is 0 Å². The summed E-state index contributed by atoms with van der Waals surface area (Å²) < 4.78 is 0. The summed E-state index contributed by atoms with van der Waals surface area (Å²) in [6.07, 6.45) is 0.619. The molecule has 86 valence electrons. The van der Waals surface area contributed by atoms with Gasteiger partial charge < -0.3 is 10.4 Å². The Balaban J connectivity index is 2.24. The molecule has 3 heteroatoms. The molecule has 0 aliphatic carbocycles. The molecule has 0 saturated carbocycles. The van der Waals surface area contributed by atoms with Gasteiger partial charge >= 0.3 is 0 Å². The van der Waals surface area contributed by atoms with Gasteiger partial charge in [-0.15, -0.1) is 11.3 Å². The minimum atomic E-state index is -0.219. The van der Waals surface area contributed by atoms with Crippen LogP contribution in [0.3, 0.4) is 0 Å². The molecule has 1 aromatic rings. The summed E-state index contributed by atoms with van der Waals surface area (Å²) in [4.78, 5) is 1.36. The van der Waals surface area contributed by atoms with Crippen LogP contribution in [0.25, 0.3) is 0 Å². The number of rotatable bonds is 6. The first kappa shape index (κ1) is 12.7. The van der Waals surface area contributed by atoms with Gasteiger partial charge in [-0.3, -0.25) is 0 Å². The molecule has 2 N–H and O–H groups in total. The van der Waals surface area contributed by atoms with Gasteiger partial charge in [0, 0.05) is 18.0 Å². The molecule has 0 aliphatic rings. The molecule has 0 amide bonds. The maximum atomic E-state index is 9.35. The zero-order valence-electron chi connectivity index (χ0n) is 9.79. The van der Waals surface area contributed by atoms with E-state index in [1.54, 1.807) is 11.3 Å². The van der Waals surface area contributed by atoms with Crippen molar-refractivity contribution in [2.45, 2.75) is 39.8 Å². The lowest BCUT2D eigenvalue weighted by atomic mass is 9.87. The van der Waals surface area contributed by atoms with Gasteiger partial charge in [0.2, 0.25) is 0 Å². The number of nitrogens with one attached hydrogen (secondary N) is 1. The Labute approximate surface area is 96.3 Å². The lowest BCUT2D eigenvalue weighted by Crippen LogP contribution is -2.31. The van der Waals surface area contributed by atoms with Crippen LogP contribution < -0.4 is 5.32 Å².